The molecule has 0 aromatic carbocycles. The second-order valence-corrected chi connectivity index (χ2v) is 9.58. The molecule has 0 spiro atoms. The predicted molar refractivity (Wildman–Crippen MR) is 129 cm³/mol. The van der Waals surface area contributed by atoms with Crippen molar-refractivity contribution < 1.29 is 4.79 Å². The Morgan fingerprint density at radius 1 is 0.483 bits per heavy atom. The van der Waals surface area contributed by atoms with Gasteiger partial charge in [0, 0.05) is 0 Å². The van der Waals surface area contributed by atoms with E-state index < -0.39 is 0 Å². The van der Waals surface area contributed by atoms with Crippen molar-refractivity contribution in [1.29, 1.82) is 0 Å². The lowest BCUT2D eigenvalue weighted by molar-refractivity contribution is 0.500. The van der Waals surface area contributed by atoms with Gasteiger partial charge in [-0.05, 0) is 12.3 Å². The van der Waals surface area contributed by atoms with Crippen molar-refractivity contribution in [3.63, 3.8) is 0 Å². The minimum atomic E-state index is 0.669. The summed E-state index contributed by atoms with van der Waals surface area (Å²) in [5.41, 5.74) is 0. The van der Waals surface area contributed by atoms with Crippen LogP contribution in [0.4, 0.5) is 0 Å². The first-order chi connectivity index (χ1) is 14.3. The molecule has 2 heteroatoms. The van der Waals surface area contributed by atoms with Crippen LogP contribution in [0.15, 0.2) is 4.99 Å². The molecular formula is C27H53NO. The second kappa shape index (κ2) is 25.4. The van der Waals surface area contributed by atoms with E-state index in [1.54, 1.807) is 6.08 Å². The van der Waals surface area contributed by atoms with Crippen LogP contribution in [0.3, 0.4) is 0 Å². The molecule has 0 heterocycles. The molecule has 0 atom stereocenters. The first-order valence-corrected chi connectivity index (χ1v) is 13.3. The average Bonchev–Trinajstić information content (AvgIpc) is 2.71. The van der Waals surface area contributed by atoms with E-state index in [9.17, 15) is 4.79 Å². The highest BCUT2D eigenvalue weighted by molar-refractivity contribution is 5.32. The Morgan fingerprint density at radius 3 is 1.03 bits per heavy atom. The molecule has 0 aromatic rings. The zero-order chi connectivity index (χ0) is 21.3. The number of hydrogen-bond acceptors (Lipinski definition) is 2. The van der Waals surface area contributed by atoms with E-state index in [4.69, 9.17) is 0 Å². The minimum absolute atomic E-state index is 0.669. The van der Waals surface area contributed by atoms with Crippen LogP contribution in [0, 0.1) is 5.92 Å². The first kappa shape index (κ1) is 28.4. The molecule has 0 radical (unpaired) electrons. The van der Waals surface area contributed by atoms with Gasteiger partial charge in [0.2, 0.25) is 6.08 Å². The largest absolute Gasteiger partial charge is 0.234 e. The summed E-state index contributed by atoms with van der Waals surface area (Å²) < 4.78 is 0. The van der Waals surface area contributed by atoms with Crippen LogP contribution in [0.2, 0.25) is 0 Å². The van der Waals surface area contributed by atoms with Gasteiger partial charge in [-0.1, -0.05) is 149 Å². The van der Waals surface area contributed by atoms with Gasteiger partial charge in [0.1, 0.15) is 0 Å². The molecule has 0 N–H and O–H groups in total. The number of isocyanates is 1. The molecule has 0 amide bonds. The highest BCUT2D eigenvalue weighted by Crippen LogP contribution is 2.15. The van der Waals surface area contributed by atoms with Gasteiger partial charge >= 0.3 is 0 Å². The fourth-order valence-electron chi connectivity index (χ4n) is 4.15. The van der Waals surface area contributed by atoms with Crippen LogP contribution in [-0.4, -0.2) is 12.6 Å². The highest BCUT2D eigenvalue weighted by Gasteiger charge is 1.97. The van der Waals surface area contributed by atoms with Crippen LogP contribution < -0.4 is 0 Å². The van der Waals surface area contributed by atoms with Gasteiger partial charge in [-0.25, -0.2) is 9.79 Å². The van der Waals surface area contributed by atoms with Gasteiger partial charge in [-0.15, -0.1) is 0 Å². The second-order valence-electron chi connectivity index (χ2n) is 9.58. The normalized spacial score (nSPS) is 11.1. The summed E-state index contributed by atoms with van der Waals surface area (Å²) in [6.07, 6.45) is 32.6. The van der Waals surface area contributed by atoms with Gasteiger partial charge in [0.05, 0.1) is 6.54 Å². The molecule has 0 saturated carbocycles. The predicted octanol–water partition coefficient (Wildman–Crippen LogP) is 9.56. The van der Waals surface area contributed by atoms with Crippen LogP contribution in [0.5, 0.6) is 0 Å². The lowest BCUT2D eigenvalue weighted by Crippen LogP contribution is -1.87. The summed E-state index contributed by atoms with van der Waals surface area (Å²) in [6.45, 7) is 5.34. The third-order valence-electron chi connectivity index (χ3n) is 6.12. The van der Waals surface area contributed by atoms with E-state index in [-0.39, 0.29) is 0 Å². The Labute approximate surface area is 183 Å². The Bertz CT molecular complexity index is 346. The number of hydrogen-bond donors (Lipinski definition) is 0. The summed E-state index contributed by atoms with van der Waals surface area (Å²) in [5.74, 6) is 0.887. The third-order valence-corrected chi connectivity index (χ3v) is 6.12. The maximum absolute atomic E-state index is 9.94. The molecule has 0 aliphatic rings. The van der Waals surface area contributed by atoms with Gasteiger partial charge < -0.3 is 0 Å². The highest BCUT2D eigenvalue weighted by atomic mass is 16.1. The Morgan fingerprint density at radius 2 is 0.759 bits per heavy atom. The van der Waals surface area contributed by atoms with Gasteiger partial charge in [0.15, 0.2) is 0 Å². The smallest absolute Gasteiger partial charge is 0.211 e. The van der Waals surface area contributed by atoms with Crippen LogP contribution in [0.25, 0.3) is 0 Å². The van der Waals surface area contributed by atoms with E-state index in [1.807, 2.05) is 0 Å². The zero-order valence-corrected chi connectivity index (χ0v) is 20.2. The molecule has 0 fully saturated rings. The molecular weight excluding hydrogens is 354 g/mol. The van der Waals surface area contributed by atoms with E-state index in [1.165, 1.54) is 135 Å². The van der Waals surface area contributed by atoms with E-state index in [0.29, 0.717) is 6.54 Å². The SMILES string of the molecule is CC(C)CCCCCCCCCCCCCCCCCCCCCCCN=C=O. The minimum Gasteiger partial charge on any atom is -0.211 e. The van der Waals surface area contributed by atoms with E-state index >= 15 is 0 Å². The van der Waals surface area contributed by atoms with Gasteiger partial charge in [-0.3, -0.25) is 0 Å². The van der Waals surface area contributed by atoms with E-state index in [2.05, 4.69) is 18.8 Å². The fraction of sp³-hybridized carbons (Fsp3) is 0.963. The first-order valence-electron chi connectivity index (χ1n) is 13.3. The number of nitrogens with zero attached hydrogens (tertiary/aromatic N) is 1. The quantitative estimate of drug-likeness (QED) is 0.0889. The summed E-state index contributed by atoms with van der Waals surface area (Å²) in [5, 5.41) is 0. The zero-order valence-electron chi connectivity index (χ0n) is 20.2. The van der Waals surface area contributed by atoms with Crippen LogP contribution >= 0.6 is 0 Å². The number of rotatable bonds is 24. The average molecular weight is 408 g/mol. The number of carbonyl (C=O) groups excluding carboxylic acids is 1. The van der Waals surface area contributed by atoms with Crippen molar-refractivity contribution in [2.24, 2.45) is 10.9 Å². The monoisotopic (exact) mass is 407 g/mol. The lowest BCUT2D eigenvalue weighted by Gasteiger charge is -2.05. The maximum Gasteiger partial charge on any atom is 0.234 e. The number of aliphatic imine (C=N–C) groups is 1. The summed E-state index contributed by atoms with van der Waals surface area (Å²) in [4.78, 5) is 13.5. The van der Waals surface area contributed by atoms with Crippen molar-refractivity contribution in [3.8, 4) is 0 Å². The fourth-order valence-corrected chi connectivity index (χ4v) is 4.15. The van der Waals surface area contributed by atoms with Crippen molar-refractivity contribution >= 4 is 6.08 Å². The van der Waals surface area contributed by atoms with Crippen LogP contribution in [0.1, 0.15) is 155 Å². The molecule has 0 aromatic heterocycles. The molecule has 29 heavy (non-hydrogen) atoms. The van der Waals surface area contributed by atoms with Crippen molar-refractivity contribution in [2.45, 2.75) is 155 Å². The Balaban J connectivity index is 3.01. The summed E-state index contributed by atoms with van der Waals surface area (Å²) >= 11 is 0. The molecule has 0 aliphatic heterocycles. The van der Waals surface area contributed by atoms with E-state index in [0.717, 1.165) is 12.3 Å². The molecule has 0 saturated heterocycles. The van der Waals surface area contributed by atoms with Gasteiger partial charge in [-0.2, -0.15) is 0 Å². The topological polar surface area (TPSA) is 29.4 Å². The molecule has 0 aliphatic carbocycles. The molecule has 0 unspecified atom stereocenters. The van der Waals surface area contributed by atoms with Gasteiger partial charge in [0.25, 0.3) is 0 Å². The lowest BCUT2D eigenvalue weighted by atomic mass is 10.0. The summed E-state index contributed by atoms with van der Waals surface area (Å²) in [7, 11) is 0. The van der Waals surface area contributed by atoms with Crippen LogP contribution in [-0.2, 0) is 4.79 Å². The molecule has 0 bridgehead atoms. The number of unbranched alkanes of at least 4 members (excludes halogenated alkanes) is 20. The standard InChI is InChI=1S/C27H53NO/c1-27(2)24-22-20-18-16-14-12-10-8-6-4-3-5-7-9-11-13-15-17-19-21-23-25-28-26-29/h27H,3-25H2,1-2H3. The van der Waals surface area contributed by atoms with Crippen molar-refractivity contribution in [1.82, 2.24) is 0 Å². The third kappa shape index (κ3) is 27.4. The Kier molecular flexibility index (Phi) is 24.9. The molecule has 2 nitrogen and oxygen atoms in total. The summed E-state index contributed by atoms with van der Waals surface area (Å²) in [6, 6.07) is 0. The maximum atomic E-state index is 9.94. The van der Waals surface area contributed by atoms with Crippen molar-refractivity contribution in [3.05, 3.63) is 0 Å². The molecule has 0 rings (SSSR count). The Hall–Kier alpha value is -0.620. The van der Waals surface area contributed by atoms with Crippen molar-refractivity contribution in [2.75, 3.05) is 6.54 Å². The molecule has 172 valence electrons.